The van der Waals surface area contributed by atoms with Crippen LogP contribution in [-0.2, 0) is 6.54 Å². The Balaban J connectivity index is 0.00000312. The van der Waals surface area contributed by atoms with Gasteiger partial charge in [-0.05, 0) is 43.7 Å². The summed E-state index contributed by atoms with van der Waals surface area (Å²) in [4.78, 5) is 4.20. The Kier molecular flexibility index (Phi) is 10.2. The van der Waals surface area contributed by atoms with E-state index in [0.29, 0.717) is 34.4 Å². The number of thioether (sulfide) groups is 1. The standard InChI is InChI=1S/C16H22ClF2N3OS.HI/c1-20-16(22-12-4-5-13(8-12)24-2)21-9-10-7-11(17)3-6-14(10)23-15(18)19;/h3,6-7,12-13,15H,4-5,8-9H2,1-2H3,(H2,20,21,22);1H. The number of rotatable bonds is 6. The zero-order valence-electron chi connectivity index (χ0n) is 14.1. The molecule has 0 amide bonds. The fourth-order valence-corrected chi connectivity index (χ4v) is 3.74. The number of halogens is 4. The maximum atomic E-state index is 12.5. The molecule has 1 aliphatic rings. The number of alkyl halides is 2. The van der Waals surface area contributed by atoms with E-state index in [-0.39, 0.29) is 29.7 Å². The number of nitrogens with zero attached hydrogens (tertiary/aromatic N) is 1. The molecular weight excluding hydrogens is 483 g/mol. The first kappa shape index (κ1) is 22.6. The predicted octanol–water partition coefficient (Wildman–Crippen LogP) is 4.51. The fraction of sp³-hybridized carbons (Fsp3) is 0.562. The van der Waals surface area contributed by atoms with E-state index in [1.807, 2.05) is 11.8 Å². The minimum Gasteiger partial charge on any atom is -0.434 e. The number of benzene rings is 1. The van der Waals surface area contributed by atoms with Crippen molar-refractivity contribution >= 4 is 53.3 Å². The van der Waals surface area contributed by atoms with E-state index in [1.54, 1.807) is 13.1 Å². The third kappa shape index (κ3) is 7.34. The second-order valence-corrected chi connectivity index (χ2v) is 7.14. The van der Waals surface area contributed by atoms with Crippen LogP contribution in [0.4, 0.5) is 8.78 Å². The Labute approximate surface area is 173 Å². The maximum Gasteiger partial charge on any atom is 0.387 e. The van der Waals surface area contributed by atoms with E-state index >= 15 is 0 Å². The first-order valence-electron chi connectivity index (χ1n) is 7.75. The smallest absolute Gasteiger partial charge is 0.387 e. The Bertz CT molecular complexity index is 580. The first-order valence-corrected chi connectivity index (χ1v) is 9.41. The van der Waals surface area contributed by atoms with Crippen molar-refractivity contribution in [3.8, 4) is 5.75 Å². The molecule has 1 fully saturated rings. The molecule has 142 valence electrons. The zero-order valence-corrected chi connectivity index (χ0v) is 18.0. The molecule has 0 spiro atoms. The molecule has 2 N–H and O–H groups in total. The molecule has 0 saturated heterocycles. The Morgan fingerprint density at radius 1 is 1.44 bits per heavy atom. The van der Waals surface area contributed by atoms with Crippen LogP contribution in [0.1, 0.15) is 24.8 Å². The van der Waals surface area contributed by atoms with Crippen molar-refractivity contribution in [2.75, 3.05) is 13.3 Å². The van der Waals surface area contributed by atoms with Crippen molar-refractivity contribution in [2.45, 2.75) is 43.7 Å². The first-order chi connectivity index (χ1) is 11.5. The van der Waals surface area contributed by atoms with Crippen LogP contribution in [0.25, 0.3) is 0 Å². The van der Waals surface area contributed by atoms with Crippen molar-refractivity contribution < 1.29 is 13.5 Å². The molecule has 2 atom stereocenters. The second-order valence-electron chi connectivity index (χ2n) is 5.57. The van der Waals surface area contributed by atoms with Gasteiger partial charge in [-0.2, -0.15) is 20.5 Å². The van der Waals surface area contributed by atoms with Gasteiger partial charge < -0.3 is 15.4 Å². The molecule has 1 saturated carbocycles. The summed E-state index contributed by atoms with van der Waals surface area (Å²) in [5, 5.41) is 7.66. The molecule has 1 aromatic carbocycles. The van der Waals surface area contributed by atoms with Crippen LogP contribution in [0.15, 0.2) is 23.2 Å². The summed E-state index contributed by atoms with van der Waals surface area (Å²) in [5.41, 5.74) is 0.555. The average Bonchev–Trinajstić information content (AvgIpc) is 3.01. The molecule has 0 heterocycles. The Morgan fingerprint density at radius 3 is 2.80 bits per heavy atom. The predicted molar refractivity (Wildman–Crippen MR) is 112 cm³/mol. The third-order valence-electron chi connectivity index (χ3n) is 3.97. The van der Waals surface area contributed by atoms with Crippen LogP contribution in [0, 0.1) is 0 Å². The minimum absolute atomic E-state index is 0. The molecular formula is C16H23ClF2IN3OS. The second kappa shape index (κ2) is 11.3. The van der Waals surface area contributed by atoms with Crippen molar-refractivity contribution in [3.63, 3.8) is 0 Å². The van der Waals surface area contributed by atoms with Crippen LogP contribution >= 0.6 is 47.3 Å². The Morgan fingerprint density at radius 2 is 2.20 bits per heavy atom. The number of hydrogen-bond acceptors (Lipinski definition) is 3. The summed E-state index contributed by atoms with van der Waals surface area (Å²) >= 11 is 7.84. The van der Waals surface area contributed by atoms with E-state index in [2.05, 4.69) is 26.6 Å². The van der Waals surface area contributed by atoms with Crippen LogP contribution in [0.3, 0.4) is 0 Å². The van der Waals surface area contributed by atoms with Gasteiger partial charge in [0.15, 0.2) is 5.96 Å². The summed E-state index contributed by atoms with van der Waals surface area (Å²) in [6, 6.07) is 4.96. The lowest BCUT2D eigenvalue weighted by atomic mass is 10.2. The average molecular weight is 506 g/mol. The van der Waals surface area contributed by atoms with E-state index in [4.69, 9.17) is 11.6 Å². The number of nitrogens with one attached hydrogen (secondary N) is 2. The van der Waals surface area contributed by atoms with Crippen molar-refractivity contribution in [3.05, 3.63) is 28.8 Å². The molecule has 0 bridgehead atoms. The van der Waals surface area contributed by atoms with Gasteiger partial charge in [-0.1, -0.05) is 11.6 Å². The molecule has 1 aromatic rings. The van der Waals surface area contributed by atoms with Gasteiger partial charge in [0.1, 0.15) is 5.75 Å². The quantitative estimate of drug-likeness (QED) is 0.339. The topological polar surface area (TPSA) is 45.7 Å². The summed E-state index contributed by atoms with van der Waals surface area (Å²) in [5.74, 6) is 0.755. The van der Waals surface area contributed by atoms with Gasteiger partial charge in [0.05, 0.1) is 0 Å². The minimum atomic E-state index is -2.87. The molecule has 1 aliphatic carbocycles. The highest BCUT2D eigenvalue weighted by Gasteiger charge is 2.24. The molecule has 0 aromatic heterocycles. The highest BCUT2D eigenvalue weighted by atomic mass is 127. The van der Waals surface area contributed by atoms with Crippen molar-refractivity contribution in [2.24, 2.45) is 4.99 Å². The van der Waals surface area contributed by atoms with Crippen LogP contribution in [-0.4, -0.2) is 37.2 Å². The van der Waals surface area contributed by atoms with Gasteiger partial charge in [0.25, 0.3) is 0 Å². The number of aliphatic imine (C=N–C) groups is 1. The highest BCUT2D eigenvalue weighted by Crippen LogP contribution is 2.28. The fourth-order valence-electron chi connectivity index (χ4n) is 2.75. The molecule has 4 nitrogen and oxygen atoms in total. The summed E-state index contributed by atoms with van der Waals surface area (Å²) in [6.45, 7) is -2.58. The van der Waals surface area contributed by atoms with Gasteiger partial charge in [-0.25, -0.2) is 0 Å². The summed E-state index contributed by atoms with van der Waals surface area (Å²) in [7, 11) is 1.69. The third-order valence-corrected chi connectivity index (χ3v) is 5.30. The SMILES string of the molecule is CN=C(NCc1cc(Cl)ccc1OC(F)F)NC1CCC(SC)C1.I. The summed E-state index contributed by atoms with van der Waals surface area (Å²) < 4.78 is 29.5. The van der Waals surface area contributed by atoms with E-state index in [1.165, 1.54) is 18.6 Å². The van der Waals surface area contributed by atoms with Crippen LogP contribution in [0.5, 0.6) is 5.75 Å². The molecule has 9 heteroatoms. The van der Waals surface area contributed by atoms with Gasteiger partial charge in [-0.3, -0.25) is 4.99 Å². The molecule has 0 radical (unpaired) electrons. The van der Waals surface area contributed by atoms with Crippen molar-refractivity contribution in [1.82, 2.24) is 10.6 Å². The zero-order chi connectivity index (χ0) is 17.5. The van der Waals surface area contributed by atoms with E-state index in [0.717, 1.165) is 12.8 Å². The number of guanidine groups is 1. The van der Waals surface area contributed by atoms with Gasteiger partial charge >= 0.3 is 6.61 Å². The lowest BCUT2D eigenvalue weighted by Gasteiger charge is -2.18. The van der Waals surface area contributed by atoms with Gasteiger partial charge in [0, 0.05) is 35.5 Å². The van der Waals surface area contributed by atoms with E-state index in [9.17, 15) is 8.78 Å². The maximum absolute atomic E-state index is 12.5. The molecule has 2 rings (SSSR count). The van der Waals surface area contributed by atoms with Gasteiger partial charge in [-0.15, -0.1) is 24.0 Å². The van der Waals surface area contributed by atoms with Crippen LogP contribution < -0.4 is 15.4 Å². The van der Waals surface area contributed by atoms with E-state index < -0.39 is 6.61 Å². The molecule has 2 unspecified atom stereocenters. The number of hydrogen-bond donors (Lipinski definition) is 2. The number of ether oxygens (including phenoxy) is 1. The normalized spacial score (nSPS) is 20.3. The molecule has 25 heavy (non-hydrogen) atoms. The van der Waals surface area contributed by atoms with Crippen molar-refractivity contribution in [1.29, 1.82) is 0 Å². The lowest BCUT2D eigenvalue weighted by Crippen LogP contribution is -2.42. The summed E-state index contributed by atoms with van der Waals surface area (Å²) in [6.07, 6.45) is 5.52. The van der Waals surface area contributed by atoms with Gasteiger partial charge in [0.2, 0.25) is 0 Å². The Hall–Kier alpha value is -0.480. The highest BCUT2D eigenvalue weighted by molar-refractivity contribution is 14.0. The monoisotopic (exact) mass is 505 g/mol. The molecule has 0 aliphatic heterocycles. The van der Waals surface area contributed by atoms with Crippen LogP contribution in [0.2, 0.25) is 5.02 Å². The largest absolute Gasteiger partial charge is 0.434 e. The lowest BCUT2D eigenvalue weighted by molar-refractivity contribution is -0.0504.